The van der Waals surface area contributed by atoms with E-state index in [0.717, 1.165) is 32.2 Å². The molecule has 1 fully saturated rings. The summed E-state index contributed by atoms with van der Waals surface area (Å²) < 4.78 is 1.87. The Hall–Kier alpha value is -1.56. The van der Waals surface area contributed by atoms with Crippen LogP contribution < -0.4 is 5.32 Å². The Morgan fingerprint density at radius 2 is 2.27 bits per heavy atom. The van der Waals surface area contributed by atoms with Crippen molar-refractivity contribution in [2.24, 2.45) is 11.8 Å². The van der Waals surface area contributed by atoms with Crippen molar-refractivity contribution in [2.75, 3.05) is 20.1 Å². The fraction of sp³-hybridized carbons (Fsp3) is 0.750. The monoisotopic (exact) mass is 308 g/mol. The van der Waals surface area contributed by atoms with Gasteiger partial charge in [0.15, 0.2) is 0 Å². The van der Waals surface area contributed by atoms with Crippen molar-refractivity contribution in [3.63, 3.8) is 0 Å². The van der Waals surface area contributed by atoms with Crippen LogP contribution in [0.25, 0.3) is 0 Å². The molecule has 1 saturated carbocycles. The maximum absolute atomic E-state index is 12.1. The summed E-state index contributed by atoms with van der Waals surface area (Å²) >= 11 is 0. The standard InChI is InChI=1S/C16H28N4O2/c1-13(11-20-9-5-8-18-20)10-17-16(22)19(2)12-14-6-3-4-7-15(14)21/h5,8-9,13-15,21H,3-4,6-7,10-12H2,1-2H3,(H,17,22)/t13-,14+,15-/m1/s1. The second-order valence-electron chi connectivity index (χ2n) is 6.51. The topological polar surface area (TPSA) is 70.4 Å². The maximum Gasteiger partial charge on any atom is 0.317 e. The van der Waals surface area contributed by atoms with E-state index in [1.165, 1.54) is 0 Å². The van der Waals surface area contributed by atoms with E-state index in [1.54, 1.807) is 18.1 Å². The number of rotatable bonds is 6. The molecule has 6 heteroatoms. The van der Waals surface area contributed by atoms with E-state index >= 15 is 0 Å². The maximum atomic E-state index is 12.1. The molecule has 0 aliphatic heterocycles. The Kier molecular flexibility index (Phi) is 6.24. The fourth-order valence-electron chi connectivity index (χ4n) is 3.02. The number of nitrogens with zero attached hydrogens (tertiary/aromatic N) is 3. The number of carbonyl (C=O) groups is 1. The highest BCUT2D eigenvalue weighted by atomic mass is 16.3. The second-order valence-corrected chi connectivity index (χ2v) is 6.51. The van der Waals surface area contributed by atoms with Crippen LogP contribution in [0.5, 0.6) is 0 Å². The molecule has 22 heavy (non-hydrogen) atoms. The van der Waals surface area contributed by atoms with E-state index in [9.17, 15) is 9.90 Å². The molecule has 1 aromatic rings. The first-order valence-electron chi connectivity index (χ1n) is 8.20. The van der Waals surface area contributed by atoms with Gasteiger partial charge in [-0.25, -0.2) is 4.79 Å². The average Bonchev–Trinajstić information content (AvgIpc) is 3.00. The number of urea groups is 1. The molecule has 1 aliphatic rings. The summed E-state index contributed by atoms with van der Waals surface area (Å²) in [6, 6.07) is 1.83. The van der Waals surface area contributed by atoms with Crippen LogP contribution in [-0.2, 0) is 6.54 Å². The minimum absolute atomic E-state index is 0.0647. The van der Waals surface area contributed by atoms with Gasteiger partial charge in [-0.05, 0) is 24.8 Å². The molecule has 2 N–H and O–H groups in total. The van der Waals surface area contributed by atoms with Crippen molar-refractivity contribution >= 4 is 6.03 Å². The van der Waals surface area contributed by atoms with Crippen LogP contribution in [0.15, 0.2) is 18.5 Å². The highest BCUT2D eigenvalue weighted by Gasteiger charge is 2.25. The first kappa shape index (κ1) is 16.8. The SMILES string of the molecule is C[C@H](CNC(=O)N(C)C[C@@H]1CCCC[C@H]1O)Cn1cccn1. The molecule has 0 saturated heterocycles. The van der Waals surface area contributed by atoms with Gasteiger partial charge in [-0.3, -0.25) is 4.68 Å². The van der Waals surface area contributed by atoms with Gasteiger partial charge in [0.2, 0.25) is 0 Å². The third-order valence-corrected chi connectivity index (χ3v) is 4.38. The molecule has 1 aliphatic carbocycles. The van der Waals surface area contributed by atoms with Crippen molar-refractivity contribution in [1.29, 1.82) is 0 Å². The molecule has 1 aromatic heterocycles. The minimum Gasteiger partial charge on any atom is -0.393 e. The van der Waals surface area contributed by atoms with E-state index in [1.807, 2.05) is 16.9 Å². The van der Waals surface area contributed by atoms with E-state index in [0.29, 0.717) is 19.0 Å². The smallest absolute Gasteiger partial charge is 0.317 e. The predicted octanol–water partition coefficient (Wildman–Crippen LogP) is 1.71. The van der Waals surface area contributed by atoms with Gasteiger partial charge in [-0.1, -0.05) is 19.8 Å². The number of amides is 2. The third kappa shape index (κ3) is 5.02. The average molecular weight is 308 g/mol. The van der Waals surface area contributed by atoms with E-state index in [2.05, 4.69) is 17.3 Å². The van der Waals surface area contributed by atoms with E-state index in [4.69, 9.17) is 0 Å². The van der Waals surface area contributed by atoms with Gasteiger partial charge < -0.3 is 15.3 Å². The van der Waals surface area contributed by atoms with Crippen LogP contribution in [0.4, 0.5) is 4.79 Å². The largest absolute Gasteiger partial charge is 0.393 e. The molecule has 0 unspecified atom stereocenters. The zero-order chi connectivity index (χ0) is 15.9. The summed E-state index contributed by atoms with van der Waals surface area (Å²) in [5, 5.41) is 17.1. The van der Waals surface area contributed by atoms with Gasteiger partial charge in [0.25, 0.3) is 0 Å². The summed E-state index contributed by atoms with van der Waals surface area (Å²) in [4.78, 5) is 13.8. The molecule has 0 aromatic carbocycles. The lowest BCUT2D eigenvalue weighted by Gasteiger charge is -2.31. The van der Waals surface area contributed by atoms with Crippen LogP contribution in [0.3, 0.4) is 0 Å². The Bertz CT molecular complexity index is 449. The van der Waals surface area contributed by atoms with Crippen molar-refractivity contribution in [3.05, 3.63) is 18.5 Å². The van der Waals surface area contributed by atoms with Gasteiger partial charge in [0.1, 0.15) is 0 Å². The highest BCUT2D eigenvalue weighted by molar-refractivity contribution is 5.73. The van der Waals surface area contributed by atoms with E-state index < -0.39 is 0 Å². The zero-order valence-electron chi connectivity index (χ0n) is 13.6. The summed E-state index contributed by atoms with van der Waals surface area (Å²) in [6.07, 6.45) is 7.54. The Morgan fingerprint density at radius 3 is 2.95 bits per heavy atom. The molecule has 1 heterocycles. The molecule has 2 rings (SSSR count). The highest BCUT2D eigenvalue weighted by Crippen LogP contribution is 2.24. The van der Waals surface area contributed by atoms with Gasteiger partial charge in [-0.2, -0.15) is 5.10 Å². The lowest BCUT2D eigenvalue weighted by atomic mass is 9.86. The Labute approximate surface area is 132 Å². The molecule has 3 atom stereocenters. The van der Waals surface area contributed by atoms with Crippen LogP contribution in [0.2, 0.25) is 0 Å². The lowest BCUT2D eigenvalue weighted by molar-refractivity contribution is 0.0564. The molecular weight excluding hydrogens is 280 g/mol. The summed E-state index contributed by atoms with van der Waals surface area (Å²) in [6.45, 7) is 4.13. The van der Waals surface area contributed by atoms with Crippen LogP contribution in [0, 0.1) is 11.8 Å². The zero-order valence-corrected chi connectivity index (χ0v) is 13.6. The second kappa shape index (κ2) is 8.17. The van der Waals surface area contributed by atoms with Gasteiger partial charge in [0, 0.05) is 45.0 Å². The molecule has 124 valence electrons. The molecular formula is C16H28N4O2. The summed E-state index contributed by atoms with van der Waals surface area (Å²) in [7, 11) is 1.80. The van der Waals surface area contributed by atoms with Gasteiger partial charge in [0.05, 0.1) is 6.10 Å². The summed E-state index contributed by atoms with van der Waals surface area (Å²) in [5.74, 6) is 0.531. The molecule has 0 bridgehead atoms. The number of aliphatic hydroxyl groups excluding tert-OH is 1. The van der Waals surface area contributed by atoms with E-state index in [-0.39, 0.29) is 18.1 Å². The minimum atomic E-state index is -0.261. The number of nitrogens with one attached hydrogen (secondary N) is 1. The quantitative estimate of drug-likeness (QED) is 0.840. The van der Waals surface area contributed by atoms with Crippen molar-refractivity contribution in [3.8, 4) is 0 Å². The third-order valence-electron chi connectivity index (χ3n) is 4.38. The number of aromatic nitrogens is 2. The van der Waals surface area contributed by atoms with Crippen LogP contribution in [0.1, 0.15) is 32.6 Å². The Morgan fingerprint density at radius 1 is 1.50 bits per heavy atom. The van der Waals surface area contributed by atoms with Gasteiger partial charge in [-0.15, -0.1) is 0 Å². The summed E-state index contributed by atoms with van der Waals surface area (Å²) in [5.41, 5.74) is 0. The molecule has 0 spiro atoms. The van der Waals surface area contributed by atoms with Crippen molar-refractivity contribution in [1.82, 2.24) is 20.0 Å². The lowest BCUT2D eigenvalue weighted by Crippen LogP contribution is -2.44. The molecule has 6 nitrogen and oxygen atoms in total. The predicted molar refractivity (Wildman–Crippen MR) is 85.4 cm³/mol. The fourth-order valence-corrected chi connectivity index (χ4v) is 3.02. The Balaban J connectivity index is 1.69. The number of carbonyl (C=O) groups excluding carboxylic acids is 1. The number of hydrogen-bond donors (Lipinski definition) is 2. The first-order valence-corrected chi connectivity index (χ1v) is 8.20. The number of aliphatic hydroxyl groups is 1. The molecule has 2 amide bonds. The normalized spacial score (nSPS) is 23.0. The molecule has 0 radical (unpaired) electrons. The van der Waals surface area contributed by atoms with Gasteiger partial charge >= 0.3 is 6.03 Å². The van der Waals surface area contributed by atoms with Crippen LogP contribution in [-0.4, -0.2) is 52.1 Å². The van der Waals surface area contributed by atoms with Crippen molar-refractivity contribution < 1.29 is 9.90 Å². The van der Waals surface area contributed by atoms with Crippen LogP contribution >= 0.6 is 0 Å². The van der Waals surface area contributed by atoms with Crippen molar-refractivity contribution in [2.45, 2.75) is 45.3 Å². The number of hydrogen-bond acceptors (Lipinski definition) is 3. The first-order chi connectivity index (χ1) is 10.6.